The molecule has 0 aromatic heterocycles. The van der Waals surface area contributed by atoms with Crippen LogP contribution in [0.3, 0.4) is 0 Å². The fraction of sp³-hybridized carbons (Fsp3) is 0.474. The Kier molecular flexibility index (Phi) is 6.20. The van der Waals surface area contributed by atoms with Crippen LogP contribution < -0.4 is 5.32 Å². The van der Waals surface area contributed by atoms with Gasteiger partial charge in [0.15, 0.2) is 0 Å². The van der Waals surface area contributed by atoms with Gasteiger partial charge >= 0.3 is 12.1 Å². The summed E-state index contributed by atoms with van der Waals surface area (Å²) in [5, 5.41) is 2.99. The van der Waals surface area contributed by atoms with E-state index in [0.717, 1.165) is 0 Å². The van der Waals surface area contributed by atoms with E-state index in [1.807, 2.05) is 0 Å². The molecule has 0 saturated heterocycles. The van der Waals surface area contributed by atoms with Gasteiger partial charge in [-0.15, -0.1) is 5.06 Å². The van der Waals surface area contributed by atoms with Gasteiger partial charge in [-0.1, -0.05) is 18.2 Å². The molecule has 8 nitrogen and oxygen atoms in total. The SMILES string of the molecule is Cc1ccccc1C(=O)N(C=O)OC(=O)C1CCC1NC(=O)OC(C)(C)C. The minimum absolute atomic E-state index is 0.154. The number of nitrogens with zero attached hydrogens (tertiary/aromatic N) is 1. The lowest BCUT2D eigenvalue weighted by Gasteiger charge is -2.35. The van der Waals surface area contributed by atoms with Crippen LogP contribution in [-0.4, -0.2) is 41.1 Å². The lowest BCUT2D eigenvalue weighted by atomic mass is 9.80. The Morgan fingerprint density at radius 2 is 1.85 bits per heavy atom. The largest absolute Gasteiger partial charge is 0.444 e. The van der Waals surface area contributed by atoms with Crippen LogP contribution in [0.5, 0.6) is 0 Å². The van der Waals surface area contributed by atoms with Gasteiger partial charge in [0.2, 0.25) is 0 Å². The molecular formula is C19H24N2O6. The zero-order chi connectivity index (χ0) is 20.2. The summed E-state index contributed by atoms with van der Waals surface area (Å²) in [4.78, 5) is 52.8. The van der Waals surface area contributed by atoms with Gasteiger partial charge in [-0.3, -0.25) is 9.59 Å². The van der Waals surface area contributed by atoms with Crippen LogP contribution in [0.2, 0.25) is 0 Å². The first kappa shape index (κ1) is 20.4. The summed E-state index contributed by atoms with van der Waals surface area (Å²) in [5.74, 6) is -2.13. The highest BCUT2D eigenvalue weighted by atomic mass is 16.7. The normalized spacial score (nSPS) is 18.7. The number of rotatable bonds is 4. The maximum atomic E-state index is 12.4. The summed E-state index contributed by atoms with van der Waals surface area (Å²) >= 11 is 0. The molecule has 8 heteroatoms. The molecular weight excluding hydrogens is 352 g/mol. The molecule has 3 amide bonds. The number of alkyl carbamates (subject to hydrolysis) is 1. The molecule has 0 aliphatic heterocycles. The average molecular weight is 376 g/mol. The molecule has 2 atom stereocenters. The number of amides is 3. The third-order valence-electron chi connectivity index (χ3n) is 4.14. The van der Waals surface area contributed by atoms with E-state index in [9.17, 15) is 19.2 Å². The van der Waals surface area contributed by atoms with Gasteiger partial charge in [0.05, 0.1) is 5.92 Å². The third-order valence-corrected chi connectivity index (χ3v) is 4.14. The number of ether oxygens (including phenoxy) is 1. The highest BCUT2D eigenvalue weighted by Gasteiger charge is 2.41. The molecule has 1 N–H and O–H groups in total. The van der Waals surface area contributed by atoms with E-state index >= 15 is 0 Å². The van der Waals surface area contributed by atoms with E-state index in [4.69, 9.17) is 9.57 Å². The standard InChI is InChI=1S/C19H24N2O6/c1-12-7-5-6-8-13(12)16(23)21(11-22)27-17(24)14-9-10-15(14)20-18(25)26-19(2,3)4/h5-8,11,14-15H,9-10H2,1-4H3,(H,20,25). The van der Waals surface area contributed by atoms with Gasteiger partial charge in [-0.05, 0) is 52.2 Å². The van der Waals surface area contributed by atoms with Crippen molar-refractivity contribution in [3.8, 4) is 0 Å². The van der Waals surface area contributed by atoms with Gasteiger partial charge < -0.3 is 14.9 Å². The molecule has 27 heavy (non-hydrogen) atoms. The van der Waals surface area contributed by atoms with E-state index in [1.165, 1.54) is 6.07 Å². The molecule has 1 aromatic rings. The molecule has 1 fully saturated rings. The van der Waals surface area contributed by atoms with E-state index < -0.39 is 35.5 Å². The fourth-order valence-electron chi connectivity index (χ4n) is 2.62. The van der Waals surface area contributed by atoms with Crippen molar-refractivity contribution < 1.29 is 28.8 Å². The number of hydroxylamine groups is 2. The Hall–Kier alpha value is -2.90. The Morgan fingerprint density at radius 1 is 1.19 bits per heavy atom. The van der Waals surface area contributed by atoms with Gasteiger partial charge in [0.1, 0.15) is 5.60 Å². The number of hydrogen-bond acceptors (Lipinski definition) is 6. The smallest absolute Gasteiger partial charge is 0.407 e. The first-order chi connectivity index (χ1) is 12.6. The van der Waals surface area contributed by atoms with E-state index in [1.54, 1.807) is 45.9 Å². The number of nitrogens with one attached hydrogen (secondary N) is 1. The minimum atomic E-state index is -0.753. The van der Waals surface area contributed by atoms with Crippen molar-refractivity contribution in [3.05, 3.63) is 35.4 Å². The Labute approximate surface area is 157 Å². The van der Waals surface area contributed by atoms with Gasteiger partial charge in [-0.2, -0.15) is 0 Å². The zero-order valence-electron chi connectivity index (χ0n) is 15.9. The number of imide groups is 1. The van der Waals surface area contributed by atoms with Crippen LogP contribution in [-0.2, 0) is 19.2 Å². The highest BCUT2D eigenvalue weighted by Crippen LogP contribution is 2.29. The Balaban J connectivity index is 1.97. The number of carbonyl (C=O) groups is 4. The molecule has 0 radical (unpaired) electrons. The van der Waals surface area contributed by atoms with Crippen LogP contribution in [0.25, 0.3) is 0 Å². The first-order valence-corrected chi connectivity index (χ1v) is 8.68. The predicted octanol–water partition coefficient (Wildman–Crippen LogP) is 2.36. The molecule has 2 rings (SSSR count). The number of hydrogen-bond donors (Lipinski definition) is 1. The van der Waals surface area contributed by atoms with Crippen molar-refractivity contribution in [2.24, 2.45) is 5.92 Å². The zero-order valence-corrected chi connectivity index (χ0v) is 15.9. The van der Waals surface area contributed by atoms with Crippen molar-refractivity contribution in [1.29, 1.82) is 0 Å². The Morgan fingerprint density at radius 3 is 2.37 bits per heavy atom. The molecule has 1 aliphatic carbocycles. The number of carbonyl (C=O) groups excluding carboxylic acids is 4. The topological polar surface area (TPSA) is 102 Å². The molecule has 1 aromatic carbocycles. The van der Waals surface area contributed by atoms with Crippen molar-refractivity contribution in [3.63, 3.8) is 0 Å². The quantitative estimate of drug-likeness (QED) is 0.639. The van der Waals surface area contributed by atoms with Crippen LogP contribution in [0, 0.1) is 12.8 Å². The second-order valence-electron chi connectivity index (χ2n) is 7.40. The predicted molar refractivity (Wildman–Crippen MR) is 95.4 cm³/mol. The summed E-state index contributed by atoms with van der Waals surface area (Å²) in [6.45, 7) is 6.92. The summed E-state index contributed by atoms with van der Waals surface area (Å²) in [6.07, 6.45) is 0.575. The van der Waals surface area contributed by atoms with Crippen LogP contribution >= 0.6 is 0 Å². The molecule has 0 bridgehead atoms. The molecule has 2 unspecified atom stereocenters. The monoisotopic (exact) mass is 376 g/mol. The number of aryl methyl sites for hydroxylation is 1. The van der Waals surface area contributed by atoms with Crippen LogP contribution in [0.15, 0.2) is 24.3 Å². The molecule has 1 aliphatic rings. The van der Waals surface area contributed by atoms with Crippen molar-refractivity contribution >= 4 is 24.4 Å². The van der Waals surface area contributed by atoms with Crippen molar-refractivity contribution in [1.82, 2.24) is 10.4 Å². The Bertz CT molecular complexity index is 740. The van der Waals surface area contributed by atoms with Gasteiger partial charge in [0.25, 0.3) is 12.3 Å². The van der Waals surface area contributed by atoms with Crippen molar-refractivity contribution in [2.75, 3.05) is 0 Å². The van der Waals surface area contributed by atoms with Crippen molar-refractivity contribution in [2.45, 2.75) is 52.2 Å². The third kappa shape index (κ3) is 5.29. The van der Waals surface area contributed by atoms with E-state index in [2.05, 4.69) is 5.32 Å². The second-order valence-corrected chi connectivity index (χ2v) is 7.40. The minimum Gasteiger partial charge on any atom is -0.444 e. The second kappa shape index (κ2) is 8.20. The lowest BCUT2D eigenvalue weighted by molar-refractivity contribution is -0.187. The molecule has 0 heterocycles. The fourth-order valence-corrected chi connectivity index (χ4v) is 2.62. The van der Waals surface area contributed by atoms with Crippen LogP contribution in [0.4, 0.5) is 4.79 Å². The summed E-state index contributed by atoms with van der Waals surface area (Å²) in [5.41, 5.74) is 0.255. The number of benzene rings is 1. The maximum absolute atomic E-state index is 12.4. The highest BCUT2D eigenvalue weighted by molar-refractivity contribution is 6.00. The maximum Gasteiger partial charge on any atom is 0.407 e. The van der Waals surface area contributed by atoms with E-state index in [-0.39, 0.29) is 12.0 Å². The molecule has 1 saturated carbocycles. The summed E-state index contributed by atoms with van der Waals surface area (Å²) in [7, 11) is 0. The van der Waals surface area contributed by atoms with Gasteiger partial charge in [-0.25, -0.2) is 9.59 Å². The molecule has 0 spiro atoms. The van der Waals surface area contributed by atoms with E-state index in [0.29, 0.717) is 23.5 Å². The average Bonchev–Trinajstić information content (AvgIpc) is 2.55. The summed E-state index contributed by atoms with van der Waals surface area (Å²) in [6, 6.07) is 6.19. The lowest BCUT2D eigenvalue weighted by Crippen LogP contribution is -2.52. The first-order valence-electron chi connectivity index (χ1n) is 8.68. The van der Waals surface area contributed by atoms with Gasteiger partial charge in [0, 0.05) is 11.6 Å². The summed E-state index contributed by atoms with van der Waals surface area (Å²) < 4.78 is 5.16. The van der Waals surface area contributed by atoms with Crippen LogP contribution in [0.1, 0.15) is 49.5 Å². The molecule has 146 valence electrons.